The van der Waals surface area contributed by atoms with Crippen molar-refractivity contribution >= 4 is 22.6 Å². The van der Waals surface area contributed by atoms with Gasteiger partial charge in [-0.2, -0.15) is 0 Å². The Morgan fingerprint density at radius 2 is 2.04 bits per heavy atom. The monoisotopic (exact) mass is 334 g/mol. The molecule has 0 aliphatic heterocycles. The predicted octanol–water partition coefficient (Wildman–Crippen LogP) is 3.62. The predicted molar refractivity (Wildman–Crippen MR) is 85.5 cm³/mol. The molecule has 6 heteroatoms. The van der Waals surface area contributed by atoms with Crippen molar-refractivity contribution in [2.24, 2.45) is 0 Å². The van der Waals surface area contributed by atoms with Crippen LogP contribution in [0.2, 0.25) is 5.02 Å². The molecule has 4 nitrogen and oxygen atoms in total. The Morgan fingerprint density at radius 1 is 1.22 bits per heavy atom. The third-order valence-corrected chi connectivity index (χ3v) is 3.57. The quantitative estimate of drug-likeness (QED) is 0.791. The zero-order valence-electron chi connectivity index (χ0n) is 11.9. The summed E-state index contributed by atoms with van der Waals surface area (Å²) in [6, 6.07) is 10.4. The van der Waals surface area contributed by atoms with E-state index in [0.29, 0.717) is 16.0 Å². The van der Waals surface area contributed by atoms with Gasteiger partial charge in [0.25, 0.3) is 0 Å². The highest BCUT2D eigenvalue weighted by Crippen LogP contribution is 2.29. The molecular formula is C17H12ClFO4. The van der Waals surface area contributed by atoms with E-state index in [1.54, 1.807) is 24.3 Å². The van der Waals surface area contributed by atoms with Crippen LogP contribution in [0.1, 0.15) is 0 Å². The van der Waals surface area contributed by atoms with Gasteiger partial charge in [-0.25, -0.2) is 4.39 Å². The maximum absolute atomic E-state index is 14.0. The van der Waals surface area contributed by atoms with Gasteiger partial charge in [-0.1, -0.05) is 17.7 Å². The third-order valence-electron chi connectivity index (χ3n) is 3.27. The fourth-order valence-electron chi connectivity index (χ4n) is 2.21. The maximum Gasteiger partial charge on any atom is 0.193 e. The Hall–Kier alpha value is -2.37. The first-order valence-corrected chi connectivity index (χ1v) is 7.24. The van der Waals surface area contributed by atoms with Crippen LogP contribution < -0.4 is 10.2 Å². The second-order valence-corrected chi connectivity index (χ2v) is 5.22. The van der Waals surface area contributed by atoms with Crippen LogP contribution in [0.4, 0.5) is 4.39 Å². The molecule has 1 N–H and O–H groups in total. The van der Waals surface area contributed by atoms with Crippen molar-refractivity contribution in [1.82, 2.24) is 0 Å². The van der Waals surface area contributed by atoms with E-state index in [-0.39, 0.29) is 35.7 Å². The standard InChI is InChI=1S/C17H12ClFO4/c18-12-3-1-2-11-14(21)9-16(23-17(11)12)10-4-5-15(13(19)8-10)22-7-6-20/h1-5,8-9,20H,6-7H2. The summed E-state index contributed by atoms with van der Waals surface area (Å²) in [6.45, 7) is -0.212. The summed E-state index contributed by atoms with van der Waals surface area (Å²) in [5.74, 6) is -0.384. The van der Waals surface area contributed by atoms with Crippen LogP contribution in [0.5, 0.6) is 5.75 Å². The van der Waals surface area contributed by atoms with Gasteiger partial charge in [0.05, 0.1) is 17.0 Å². The molecule has 23 heavy (non-hydrogen) atoms. The van der Waals surface area contributed by atoms with Crippen molar-refractivity contribution in [2.75, 3.05) is 13.2 Å². The number of hydrogen-bond acceptors (Lipinski definition) is 4. The fourth-order valence-corrected chi connectivity index (χ4v) is 2.42. The number of fused-ring (bicyclic) bond motifs is 1. The van der Waals surface area contributed by atoms with Crippen molar-refractivity contribution in [3.63, 3.8) is 0 Å². The largest absolute Gasteiger partial charge is 0.488 e. The SMILES string of the molecule is O=c1cc(-c2ccc(OCCO)c(F)c2)oc2c(Cl)cccc12. The average molecular weight is 335 g/mol. The highest BCUT2D eigenvalue weighted by Gasteiger charge is 2.12. The highest BCUT2D eigenvalue weighted by atomic mass is 35.5. The third kappa shape index (κ3) is 3.06. The van der Waals surface area contributed by atoms with E-state index in [1.165, 1.54) is 18.2 Å². The van der Waals surface area contributed by atoms with E-state index >= 15 is 0 Å². The van der Waals surface area contributed by atoms with Crippen LogP contribution in [0, 0.1) is 5.82 Å². The van der Waals surface area contributed by atoms with Gasteiger partial charge in [0, 0.05) is 11.6 Å². The fraction of sp³-hybridized carbons (Fsp3) is 0.118. The van der Waals surface area contributed by atoms with Crippen LogP contribution in [-0.4, -0.2) is 18.3 Å². The molecule has 0 aliphatic carbocycles. The minimum absolute atomic E-state index is 0.00304. The molecule has 0 saturated heterocycles. The molecular weight excluding hydrogens is 323 g/mol. The summed E-state index contributed by atoms with van der Waals surface area (Å²) in [5, 5.41) is 9.37. The Morgan fingerprint density at radius 3 is 2.78 bits per heavy atom. The Bertz CT molecular complexity index is 920. The molecule has 1 aromatic heterocycles. The summed E-state index contributed by atoms with van der Waals surface area (Å²) >= 11 is 6.05. The van der Waals surface area contributed by atoms with Gasteiger partial charge in [-0.3, -0.25) is 4.79 Å². The molecule has 0 aliphatic rings. The van der Waals surface area contributed by atoms with Crippen LogP contribution >= 0.6 is 11.6 Å². The number of ether oxygens (including phenoxy) is 1. The molecule has 118 valence electrons. The van der Waals surface area contributed by atoms with Crippen LogP contribution in [0.3, 0.4) is 0 Å². The lowest BCUT2D eigenvalue weighted by Crippen LogP contribution is -2.03. The Labute approximate surface area is 135 Å². The number of halogens is 2. The molecule has 0 radical (unpaired) electrons. The number of aliphatic hydroxyl groups excluding tert-OH is 1. The van der Waals surface area contributed by atoms with Crippen molar-refractivity contribution in [1.29, 1.82) is 0 Å². The second-order valence-electron chi connectivity index (χ2n) is 4.81. The molecule has 0 unspecified atom stereocenters. The number of benzene rings is 2. The summed E-state index contributed by atoms with van der Waals surface area (Å²) in [7, 11) is 0. The van der Waals surface area contributed by atoms with Gasteiger partial charge in [0.2, 0.25) is 0 Å². The normalized spacial score (nSPS) is 10.9. The topological polar surface area (TPSA) is 59.7 Å². The average Bonchev–Trinajstić information content (AvgIpc) is 2.54. The van der Waals surface area contributed by atoms with E-state index in [0.717, 1.165) is 0 Å². The lowest BCUT2D eigenvalue weighted by molar-refractivity contribution is 0.196. The van der Waals surface area contributed by atoms with E-state index < -0.39 is 5.82 Å². The van der Waals surface area contributed by atoms with Crippen molar-refractivity contribution in [2.45, 2.75) is 0 Å². The van der Waals surface area contributed by atoms with Crippen LogP contribution in [-0.2, 0) is 0 Å². The molecule has 0 amide bonds. The molecule has 3 rings (SSSR count). The van der Waals surface area contributed by atoms with Crippen LogP contribution in [0.25, 0.3) is 22.3 Å². The highest BCUT2D eigenvalue weighted by molar-refractivity contribution is 6.34. The van der Waals surface area contributed by atoms with Crippen molar-refractivity contribution < 1.29 is 18.7 Å². The number of aliphatic hydroxyl groups is 1. The van der Waals surface area contributed by atoms with E-state index in [4.69, 9.17) is 25.9 Å². The first kappa shape index (κ1) is 15.5. The summed E-state index contributed by atoms with van der Waals surface area (Å²) in [4.78, 5) is 12.2. The van der Waals surface area contributed by atoms with Gasteiger partial charge >= 0.3 is 0 Å². The first-order chi connectivity index (χ1) is 11.1. The molecule has 0 saturated carbocycles. The van der Waals surface area contributed by atoms with Crippen molar-refractivity contribution in [3.8, 4) is 17.1 Å². The summed E-state index contributed by atoms with van der Waals surface area (Å²) in [5.41, 5.74) is 0.389. The van der Waals surface area contributed by atoms with Crippen LogP contribution in [0.15, 0.2) is 51.7 Å². The van der Waals surface area contributed by atoms with Gasteiger partial charge < -0.3 is 14.3 Å². The van der Waals surface area contributed by atoms with E-state index in [1.807, 2.05) is 0 Å². The Kier molecular flexibility index (Phi) is 4.32. The zero-order chi connectivity index (χ0) is 16.4. The number of rotatable bonds is 4. The lowest BCUT2D eigenvalue weighted by Gasteiger charge is -2.08. The first-order valence-electron chi connectivity index (χ1n) is 6.86. The van der Waals surface area contributed by atoms with Gasteiger partial charge in [-0.05, 0) is 30.3 Å². The van der Waals surface area contributed by atoms with Gasteiger partial charge in [0.15, 0.2) is 22.6 Å². The lowest BCUT2D eigenvalue weighted by atomic mass is 10.1. The minimum atomic E-state index is -0.613. The molecule has 3 aromatic rings. The van der Waals surface area contributed by atoms with Gasteiger partial charge in [-0.15, -0.1) is 0 Å². The molecule has 0 fully saturated rings. The Balaban J connectivity index is 2.08. The maximum atomic E-state index is 14.0. The molecule has 0 bridgehead atoms. The molecule has 1 heterocycles. The molecule has 0 spiro atoms. The number of hydrogen-bond donors (Lipinski definition) is 1. The van der Waals surface area contributed by atoms with E-state index in [2.05, 4.69) is 0 Å². The van der Waals surface area contributed by atoms with Crippen molar-refractivity contribution in [3.05, 3.63) is 63.5 Å². The van der Waals surface area contributed by atoms with E-state index in [9.17, 15) is 9.18 Å². The molecule has 2 aromatic carbocycles. The van der Waals surface area contributed by atoms with Gasteiger partial charge in [0.1, 0.15) is 12.4 Å². The summed E-state index contributed by atoms with van der Waals surface area (Å²) < 4.78 is 24.7. The number of para-hydroxylation sites is 1. The summed E-state index contributed by atoms with van der Waals surface area (Å²) in [6.07, 6.45) is 0. The smallest absolute Gasteiger partial charge is 0.193 e. The zero-order valence-corrected chi connectivity index (χ0v) is 12.6. The minimum Gasteiger partial charge on any atom is -0.488 e. The molecule has 0 atom stereocenters. The second kappa shape index (κ2) is 6.40.